The summed E-state index contributed by atoms with van der Waals surface area (Å²) >= 11 is 0. The lowest BCUT2D eigenvalue weighted by molar-refractivity contribution is -0.121. The van der Waals surface area contributed by atoms with Gasteiger partial charge in [0, 0.05) is 13.0 Å². The van der Waals surface area contributed by atoms with Crippen LogP contribution >= 0.6 is 0 Å². The van der Waals surface area contributed by atoms with Crippen LogP contribution in [0.25, 0.3) is 0 Å². The van der Waals surface area contributed by atoms with Gasteiger partial charge in [-0.05, 0) is 13.5 Å². The standard InChI is InChI=1S/C10H18N2O/c1-4-6-9(5-2)12-10(13)7-8-11-3/h2,9,11H,4,6-8H2,1,3H3,(H,12,13). The van der Waals surface area contributed by atoms with Gasteiger partial charge in [-0.2, -0.15) is 0 Å². The lowest BCUT2D eigenvalue weighted by Gasteiger charge is -2.11. The first-order valence-electron chi connectivity index (χ1n) is 4.64. The molecular formula is C10H18N2O. The van der Waals surface area contributed by atoms with Crippen molar-refractivity contribution in [2.75, 3.05) is 13.6 Å². The lowest BCUT2D eigenvalue weighted by Crippen LogP contribution is -2.34. The third-order valence-corrected chi connectivity index (χ3v) is 1.72. The molecule has 13 heavy (non-hydrogen) atoms. The van der Waals surface area contributed by atoms with E-state index in [1.165, 1.54) is 0 Å². The SMILES string of the molecule is C#CC(CCC)NC(=O)CCNC. The Labute approximate surface area is 80.3 Å². The summed E-state index contributed by atoms with van der Waals surface area (Å²) in [7, 11) is 1.82. The number of carbonyl (C=O) groups excluding carboxylic acids is 1. The van der Waals surface area contributed by atoms with Gasteiger partial charge in [0.1, 0.15) is 0 Å². The van der Waals surface area contributed by atoms with Crippen LogP contribution in [0.2, 0.25) is 0 Å². The molecule has 0 aromatic heterocycles. The summed E-state index contributed by atoms with van der Waals surface area (Å²) in [6, 6.07) is -0.102. The van der Waals surface area contributed by atoms with E-state index in [2.05, 4.69) is 16.6 Å². The first kappa shape index (κ1) is 12.0. The molecule has 3 heteroatoms. The van der Waals surface area contributed by atoms with Crippen LogP contribution in [0.15, 0.2) is 0 Å². The maximum absolute atomic E-state index is 11.2. The Bertz CT molecular complexity index is 184. The fourth-order valence-corrected chi connectivity index (χ4v) is 0.991. The predicted molar refractivity (Wildman–Crippen MR) is 54.2 cm³/mol. The van der Waals surface area contributed by atoms with Crippen LogP contribution in [0, 0.1) is 12.3 Å². The van der Waals surface area contributed by atoms with Crippen LogP contribution in [0.5, 0.6) is 0 Å². The van der Waals surface area contributed by atoms with Gasteiger partial charge in [0.15, 0.2) is 0 Å². The second kappa shape index (κ2) is 7.63. The summed E-state index contributed by atoms with van der Waals surface area (Å²) in [5, 5.41) is 5.70. The number of nitrogens with one attached hydrogen (secondary N) is 2. The van der Waals surface area contributed by atoms with Gasteiger partial charge in [-0.3, -0.25) is 4.79 Å². The largest absolute Gasteiger partial charge is 0.342 e. The third-order valence-electron chi connectivity index (χ3n) is 1.72. The molecule has 3 nitrogen and oxygen atoms in total. The van der Waals surface area contributed by atoms with E-state index in [0.717, 1.165) is 12.8 Å². The molecule has 0 bridgehead atoms. The number of hydrogen-bond donors (Lipinski definition) is 2. The van der Waals surface area contributed by atoms with Gasteiger partial charge in [-0.1, -0.05) is 19.3 Å². The Morgan fingerprint density at radius 1 is 1.62 bits per heavy atom. The molecule has 1 amide bonds. The van der Waals surface area contributed by atoms with Crippen molar-refractivity contribution >= 4 is 5.91 Å². The van der Waals surface area contributed by atoms with Gasteiger partial charge in [0.25, 0.3) is 0 Å². The third kappa shape index (κ3) is 6.18. The topological polar surface area (TPSA) is 41.1 Å². The minimum Gasteiger partial charge on any atom is -0.342 e. The Balaban J connectivity index is 3.68. The van der Waals surface area contributed by atoms with Crippen LogP contribution in [-0.4, -0.2) is 25.5 Å². The van der Waals surface area contributed by atoms with Crippen molar-refractivity contribution in [3.63, 3.8) is 0 Å². The zero-order chi connectivity index (χ0) is 10.1. The number of terminal acetylenes is 1. The van der Waals surface area contributed by atoms with Gasteiger partial charge in [0.05, 0.1) is 6.04 Å². The fourth-order valence-electron chi connectivity index (χ4n) is 0.991. The van der Waals surface area contributed by atoms with Crippen LogP contribution < -0.4 is 10.6 Å². The summed E-state index contributed by atoms with van der Waals surface area (Å²) in [6.45, 7) is 2.74. The first-order valence-corrected chi connectivity index (χ1v) is 4.64. The van der Waals surface area contributed by atoms with E-state index in [4.69, 9.17) is 6.42 Å². The first-order chi connectivity index (χ1) is 6.24. The second-order valence-corrected chi connectivity index (χ2v) is 2.93. The van der Waals surface area contributed by atoms with E-state index in [9.17, 15) is 4.79 Å². The molecule has 0 rings (SSSR count). The van der Waals surface area contributed by atoms with Gasteiger partial charge >= 0.3 is 0 Å². The van der Waals surface area contributed by atoms with E-state index in [1.807, 2.05) is 14.0 Å². The summed E-state index contributed by atoms with van der Waals surface area (Å²) < 4.78 is 0. The lowest BCUT2D eigenvalue weighted by atomic mass is 10.2. The number of hydrogen-bond acceptors (Lipinski definition) is 2. The Kier molecular flexibility index (Phi) is 7.04. The normalized spacial score (nSPS) is 11.8. The molecule has 0 radical (unpaired) electrons. The molecular weight excluding hydrogens is 164 g/mol. The Morgan fingerprint density at radius 2 is 2.31 bits per heavy atom. The number of rotatable bonds is 6. The molecule has 0 saturated carbocycles. The summed E-state index contributed by atoms with van der Waals surface area (Å²) in [5.74, 6) is 2.58. The molecule has 0 fully saturated rings. The molecule has 0 aliphatic heterocycles. The molecule has 2 N–H and O–H groups in total. The van der Waals surface area contributed by atoms with Crippen molar-refractivity contribution in [2.24, 2.45) is 0 Å². The van der Waals surface area contributed by atoms with E-state index < -0.39 is 0 Å². The van der Waals surface area contributed by atoms with Crippen molar-refractivity contribution in [3.05, 3.63) is 0 Å². The molecule has 74 valence electrons. The number of amides is 1. The van der Waals surface area contributed by atoms with E-state index in [1.54, 1.807) is 0 Å². The number of carbonyl (C=O) groups is 1. The molecule has 0 heterocycles. The van der Waals surface area contributed by atoms with Crippen LogP contribution in [-0.2, 0) is 4.79 Å². The molecule has 1 atom stereocenters. The molecule has 1 unspecified atom stereocenters. The highest BCUT2D eigenvalue weighted by Gasteiger charge is 2.06. The maximum Gasteiger partial charge on any atom is 0.222 e. The summed E-state index contributed by atoms with van der Waals surface area (Å²) in [5.41, 5.74) is 0. The highest BCUT2D eigenvalue weighted by atomic mass is 16.1. The molecule has 0 aliphatic rings. The molecule has 0 aromatic rings. The second-order valence-electron chi connectivity index (χ2n) is 2.93. The van der Waals surface area contributed by atoms with Crippen LogP contribution in [0.1, 0.15) is 26.2 Å². The van der Waals surface area contributed by atoms with E-state index >= 15 is 0 Å². The minimum absolute atomic E-state index is 0.0192. The van der Waals surface area contributed by atoms with Gasteiger partial charge in [-0.15, -0.1) is 6.42 Å². The average molecular weight is 182 g/mol. The van der Waals surface area contributed by atoms with E-state index in [-0.39, 0.29) is 11.9 Å². The fraction of sp³-hybridized carbons (Fsp3) is 0.700. The van der Waals surface area contributed by atoms with Crippen molar-refractivity contribution in [2.45, 2.75) is 32.2 Å². The quantitative estimate of drug-likeness (QED) is 0.588. The highest BCUT2D eigenvalue weighted by Crippen LogP contribution is 1.94. The highest BCUT2D eigenvalue weighted by molar-refractivity contribution is 5.76. The van der Waals surface area contributed by atoms with Crippen LogP contribution in [0.3, 0.4) is 0 Å². The van der Waals surface area contributed by atoms with Crippen molar-refractivity contribution in [1.29, 1.82) is 0 Å². The minimum atomic E-state index is -0.102. The van der Waals surface area contributed by atoms with Gasteiger partial charge in [0.2, 0.25) is 5.91 Å². The molecule has 0 spiro atoms. The van der Waals surface area contributed by atoms with E-state index in [0.29, 0.717) is 13.0 Å². The predicted octanol–water partition coefficient (Wildman–Crippen LogP) is 0.514. The molecule has 0 saturated heterocycles. The van der Waals surface area contributed by atoms with Crippen molar-refractivity contribution in [1.82, 2.24) is 10.6 Å². The Morgan fingerprint density at radius 3 is 2.77 bits per heavy atom. The Hall–Kier alpha value is -1.01. The van der Waals surface area contributed by atoms with Crippen molar-refractivity contribution < 1.29 is 4.79 Å². The summed E-state index contributed by atoms with van der Waals surface area (Å²) in [6.07, 6.45) is 7.58. The summed E-state index contributed by atoms with van der Waals surface area (Å²) in [4.78, 5) is 11.2. The maximum atomic E-state index is 11.2. The van der Waals surface area contributed by atoms with Gasteiger partial charge < -0.3 is 10.6 Å². The average Bonchev–Trinajstić information content (AvgIpc) is 2.14. The zero-order valence-electron chi connectivity index (χ0n) is 8.39. The van der Waals surface area contributed by atoms with Gasteiger partial charge in [-0.25, -0.2) is 0 Å². The zero-order valence-corrected chi connectivity index (χ0v) is 8.39. The van der Waals surface area contributed by atoms with Crippen molar-refractivity contribution in [3.8, 4) is 12.3 Å². The van der Waals surface area contributed by atoms with Crippen LogP contribution in [0.4, 0.5) is 0 Å². The smallest absolute Gasteiger partial charge is 0.222 e. The molecule has 0 aromatic carbocycles. The monoisotopic (exact) mass is 182 g/mol. The molecule has 0 aliphatic carbocycles.